The number of rotatable bonds is 2. The molecule has 2 heteroatoms. The highest BCUT2D eigenvalue weighted by Gasteiger charge is 2.16. The molecule has 2 nitrogen and oxygen atoms in total. The Labute approximate surface area is 91.3 Å². The topological polar surface area (TPSA) is 26.3 Å². The summed E-state index contributed by atoms with van der Waals surface area (Å²) in [5.74, 6) is 0.812. The van der Waals surface area contributed by atoms with E-state index in [1.807, 2.05) is 12.1 Å². The number of ketones is 1. The zero-order valence-corrected chi connectivity index (χ0v) is 10.0. The lowest BCUT2D eigenvalue weighted by atomic mass is 9.85. The second-order valence-corrected chi connectivity index (χ2v) is 4.76. The predicted octanol–water partition coefficient (Wildman–Crippen LogP) is 3.20. The van der Waals surface area contributed by atoms with Crippen molar-refractivity contribution in [2.45, 2.75) is 33.1 Å². The quantitative estimate of drug-likeness (QED) is 0.694. The fourth-order valence-electron chi connectivity index (χ4n) is 1.35. The van der Waals surface area contributed by atoms with Gasteiger partial charge < -0.3 is 4.74 Å². The van der Waals surface area contributed by atoms with E-state index in [1.165, 1.54) is 0 Å². The van der Waals surface area contributed by atoms with E-state index >= 15 is 0 Å². The van der Waals surface area contributed by atoms with Gasteiger partial charge in [-0.3, -0.25) is 4.79 Å². The summed E-state index contributed by atoms with van der Waals surface area (Å²) in [7, 11) is 1.62. The van der Waals surface area contributed by atoms with Crippen LogP contribution in [0.4, 0.5) is 0 Å². The van der Waals surface area contributed by atoms with Crippen molar-refractivity contribution in [2.24, 2.45) is 0 Å². The van der Waals surface area contributed by atoms with Crippen LogP contribution in [-0.4, -0.2) is 12.9 Å². The zero-order chi connectivity index (χ0) is 11.6. The molecule has 0 amide bonds. The van der Waals surface area contributed by atoms with Crippen molar-refractivity contribution in [3.63, 3.8) is 0 Å². The Balaban J connectivity index is 3.30. The molecule has 0 aliphatic rings. The van der Waals surface area contributed by atoms with Crippen molar-refractivity contribution in [1.29, 1.82) is 0 Å². The van der Waals surface area contributed by atoms with Crippen LogP contribution < -0.4 is 4.74 Å². The fraction of sp³-hybridized carbons (Fsp3) is 0.462. The van der Waals surface area contributed by atoms with Crippen molar-refractivity contribution in [3.8, 4) is 5.75 Å². The molecule has 0 radical (unpaired) electrons. The molecule has 0 saturated heterocycles. The molecule has 0 saturated carbocycles. The first-order valence-corrected chi connectivity index (χ1v) is 5.05. The summed E-state index contributed by atoms with van der Waals surface area (Å²) in [6.45, 7) is 7.92. The van der Waals surface area contributed by atoms with Crippen molar-refractivity contribution in [2.75, 3.05) is 7.11 Å². The summed E-state index contributed by atoms with van der Waals surface area (Å²) in [5, 5.41) is 0. The lowest BCUT2D eigenvalue weighted by Gasteiger charge is -2.20. The minimum Gasteiger partial charge on any atom is -0.497 e. The summed E-state index contributed by atoms with van der Waals surface area (Å²) in [6.07, 6.45) is 0. The van der Waals surface area contributed by atoms with E-state index in [0.29, 0.717) is 5.56 Å². The van der Waals surface area contributed by atoms with Gasteiger partial charge in [-0.2, -0.15) is 0 Å². The standard InChI is InChI=1S/C13H18O2/c1-9(14)10-6-11(13(2,3)4)8-12(7-10)15-5/h6-8H,1-5H3. The molecule has 0 aliphatic heterocycles. The molecular weight excluding hydrogens is 188 g/mol. The van der Waals surface area contributed by atoms with Crippen LogP contribution in [0.2, 0.25) is 0 Å². The lowest BCUT2D eigenvalue weighted by molar-refractivity contribution is 0.101. The normalized spacial score (nSPS) is 11.3. The van der Waals surface area contributed by atoms with Crippen LogP contribution in [0.25, 0.3) is 0 Å². The van der Waals surface area contributed by atoms with Gasteiger partial charge in [-0.1, -0.05) is 20.8 Å². The number of Topliss-reactive ketones (excluding diaryl/α,β-unsaturated/α-hetero) is 1. The largest absolute Gasteiger partial charge is 0.497 e. The third-order valence-electron chi connectivity index (χ3n) is 2.41. The average molecular weight is 206 g/mol. The molecule has 1 aromatic carbocycles. The minimum absolute atomic E-state index is 0.0265. The number of methoxy groups -OCH3 is 1. The van der Waals surface area contributed by atoms with Gasteiger partial charge in [0.25, 0.3) is 0 Å². The molecule has 0 fully saturated rings. The van der Waals surface area contributed by atoms with Gasteiger partial charge in [0.2, 0.25) is 0 Å². The molecule has 0 aromatic heterocycles. The highest BCUT2D eigenvalue weighted by atomic mass is 16.5. The van der Waals surface area contributed by atoms with Crippen LogP contribution in [0.1, 0.15) is 43.6 Å². The predicted molar refractivity (Wildman–Crippen MR) is 61.7 cm³/mol. The third-order valence-corrected chi connectivity index (χ3v) is 2.41. The monoisotopic (exact) mass is 206 g/mol. The second-order valence-electron chi connectivity index (χ2n) is 4.76. The smallest absolute Gasteiger partial charge is 0.159 e. The Morgan fingerprint density at radius 3 is 2.20 bits per heavy atom. The number of carbonyl (C=O) groups is 1. The molecule has 1 aromatic rings. The second kappa shape index (κ2) is 4.05. The van der Waals surface area contributed by atoms with E-state index in [1.54, 1.807) is 20.1 Å². The number of hydrogen-bond acceptors (Lipinski definition) is 2. The summed E-state index contributed by atoms with van der Waals surface area (Å²) in [6, 6.07) is 5.69. The summed E-state index contributed by atoms with van der Waals surface area (Å²) >= 11 is 0. The van der Waals surface area contributed by atoms with Crippen LogP contribution in [-0.2, 0) is 5.41 Å². The van der Waals surface area contributed by atoms with E-state index in [0.717, 1.165) is 11.3 Å². The van der Waals surface area contributed by atoms with Gasteiger partial charge in [-0.05, 0) is 36.1 Å². The Morgan fingerprint density at radius 1 is 1.20 bits per heavy atom. The number of carbonyl (C=O) groups excluding carboxylic acids is 1. The van der Waals surface area contributed by atoms with Gasteiger partial charge in [0.1, 0.15) is 5.75 Å². The molecular formula is C13H18O2. The molecule has 15 heavy (non-hydrogen) atoms. The molecule has 0 atom stereocenters. The highest BCUT2D eigenvalue weighted by molar-refractivity contribution is 5.94. The van der Waals surface area contributed by atoms with Crippen molar-refractivity contribution >= 4 is 5.78 Å². The van der Waals surface area contributed by atoms with Gasteiger partial charge in [-0.15, -0.1) is 0 Å². The van der Waals surface area contributed by atoms with Gasteiger partial charge in [0, 0.05) is 5.56 Å². The van der Waals surface area contributed by atoms with E-state index in [2.05, 4.69) is 20.8 Å². The Bertz CT molecular complexity index is 373. The third kappa shape index (κ3) is 2.82. The van der Waals surface area contributed by atoms with E-state index < -0.39 is 0 Å². The van der Waals surface area contributed by atoms with Gasteiger partial charge >= 0.3 is 0 Å². The Hall–Kier alpha value is -1.31. The van der Waals surface area contributed by atoms with Crippen LogP contribution in [0.5, 0.6) is 5.75 Å². The zero-order valence-electron chi connectivity index (χ0n) is 10.0. The molecule has 82 valence electrons. The highest BCUT2D eigenvalue weighted by Crippen LogP contribution is 2.27. The van der Waals surface area contributed by atoms with Gasteiger partial charge in [0.15, 0.2) is 5.78 Å². The maximum atomic E-state index is 11.3. The maximum absolute atomic E-state index is 11.3. The number of benzene rings is 1. The van der Waals surface area contributed by atoms with Crippen LogP contribution in [0.15, 0.2) is 18.2 Å². The minimum atomic E-state index is 0.0265. The van der Waals surface area contributed by atoms with E-state index in [-0.39, 0.29) is 11.2 Å². The van der Waals surface area contributed by atoms with Crippen LogP contribution >= 0.6 is 0 Å². The first-order valence-electron chi connectivity index (χ1n) is 5.05. The van der Waals surface area contributed by atoms with Crippen molar-refractivity contribution in [3.05, 3.63) is 29.3 Å². The molecule has 0 aliphatic carbocycles. The molecule has 0 heterocycles. The summed E-state index contributed by atoms with van der Waals surface area (Å²) in [5.41, 5.74) is 1.85. The molecule has 0 unspecified atom stereocenters. The number of hydrogen-bond donors (Lipinski definition) is 0. The Kier molecular flexibility index (Phi) is 3.18. The van der Waals surface area contributed by atoms with Crippen LogP contribution in [0.3, 0.4) is 0 Å². The van der Waals surface area contributed by atoms with Crippen molar-refractivity contribution in [1.82, 2.24) is 0 Å². The number of ether oxygens (including phenoxy) is 1. The first-order chi connectivity index (χ1) is 6.84. The summed E-state index contributed by atoms with van der Waals surface area (Å²) < 4.78 is 5.19. The molecule has 0 spiro atoms. The van der Waals surface area contributed by atoms with E-state index in [4.69, 9.17) is 4.74 Å². The summed E-state index contributed by atoms with van der Waals surface area (Å²) in [4.78, 5) is 11.3. The Morgan fingerprint density at radius 2 is 1.80 bits per heavy atom. The SMILES string of the molecule is COc1cc(C(C)=O)cc(C(C)(C)C)c1. The first kappa shape index (κ1) is 11.8. The molecule has 0 bridgehead atoms. The molecule has 0 N–H and O–H groups in total. The lowest BCUT2D eigenvalue weighted by Crippen LogP contribution is -2.12. The fourth-order valence-corrected chi connectivity index (χ4v) is 1.35. The van der Waals surface area contributed by atoms with E-state index in [9.17, 15) is 4.79 Å². The van der Waals surface area contributed by atoms with Gasteiger partial charge in [0.05, 0.1) is 7.11 Å². The van der Waals surface area contributed by atoms with Gasteiger partial charge in [-0.25, -0.2) is 0 Å². The average Bonchev–Trinajstić information content (AvgIpc) is 2.15. The van der Waals surface area contributed by atoms with Crippen molar-refractivity contribution < 1.29 is 9.53 Å². The maximum Gasteiger partial charge on any atom is 0.159 e. The van der Waals surface area contributed by atoms with Crippen LogP contribution in [0, 0.1) is 0 Å². The molecule has 1 rings (SSSR count).